The monoisotopic (exact) mass is 826 g/mol. The molecule has 13 N–H and O–H groups in total. The van der Waals surface area contributed by atoms with Gasteiger partial charge in [-0.2, -0.15) is 0 Å². The number of rotatable bonds is 24. The highest BCUT2D eigenvalue weighted by Crippen LogP contribution is 2.24. The number of unbranched alkanes of at least 4 members (excludes halogenated alkanes) is 1. The lowest BCUT2D eigenvalue weighted by Crippen LogP contribution is -2.61. The molecule has 1 aromatic carbocycles. The number of aliphatic imine (C=N–C) groups is 1. The largest absolute Gasteiger partial charge is 0.464 e. The van der Waals surface area contributed by atoms with Crippen LogP contribution in [-0.2, 0) is 35.1 Å². The first-order chi connectivity index (χ1) is 28.0. The van der Waals surface area contributed by atoms with Gasteiger partial charge in [-0.25, -0.2) is 4.79 Å². The number of aromatic nitrogens is 1. The maximum atomic E-state index is 14.4. The smallest absolute Gasteiger partial charge is 0.328 e. The fraction of sp³-hybridized carbons (Fsp3) is 0.667. The van der Waals surface area contributed by atoms with Gasteiger partial charge in [-0.1, -0.05) is 59.2 Å². The summed E-state index contributed by atoms with van der Waals surface area (Å²) in [5, 5.41) is 12.9. The minimum absolute atomic E-state index is 0.0240. The second-order valence-electron chi connectivity index (χ2n) is 17.0. The summed E-state index contributed by atoms with van der Waals surface area (Å²) >= 11 is 0. The number of aromatic amines is 1. The molecular weight excluding hydrogens is 755 g/mol. The van der Waals surface area contributed by atoms with Crippen LogP contribution in [0.2, 0.25) is 0 Å². The lowest BCUT2D eigenvalue weighted by molar-refractivity contribution is -0.148. The maximum absolute atomic E-state index is 14.4. The van der Waals surface area contributed by atoms with Crippen molar-refractivity contribution in [1.29, 1.82) is 0 Å². The number of para-hydroxylation sites is 1. The quantitative estimate of drug-likeness (QED) is 0.0315. The zero-order valence-electron chi connectivity index (χ0n) is 36.0. The van der Waals surface area contributed by atoms with Gasteiger partial charge in [0.1, 0.15) is 24.2 Å². The van der Waals surface area contributed by atoms with E-state index >= 15 is 0 Å². The van der Waals surface area contributed by atoms with E-state index in [0.717, 1.165) is 22.9 Å². The van der Waals surface area contributed by atoms with Gasteiger partial charge < -0.3 is 58.8 Å². The molecular formula is C42H71N11O6. The molecule has 0 spiro atoms. The number of H-pyrrole nitrogens is 1. The van der Waals surface area contributed by atoms with Crippen molar-refractivity contribution in [3.8, 4) is 0 Å². The number of benzene rings is 1. The number of hydrogen-bond donors (Lipinski definition) is 9. The Kier molecular flexibility index (Phi) is 19.6. The minimum Gasteiger partial charge on any atom is -0.464 e. The van der Waals surface area contributed by atoms with E-state index in [1.54, 1.807) is 18.0 Å². The molecule has 330 valence electrons. The van der Waals surface area contributed by atoms with Crippen molar-refractivity contribution in [2.75, 3.05) is 32.8 Å². The van der Waals surface area contributed by atoms with Crippen LogP contribution in [0.1, 0.15) is 98.5 Å². The van der Waals surface area contributed by atoms with Gasteiger partial charge in [0, 0.05) is 49.2 Å². The van der Waals surface area contributed by atoms with Crippen LogP contribution in [0.25, 0.3) is 10.9 Å². The second-order valence-corrected chi connectivity index (χ2v) is 17.0. The summed E-state index contributed by atoms with van der Waals surface area (Å²) in [6, 6.07) is 2.87. The minimum atomic E-state index is -1.12. The number of fused-ring (bicyclic) bond motifs is 1. The molecule has 1 aliphatic rings. The molecule has 17 heteroatoms. The predicted octanol–water partition coefficient (Wildman–Crippen LogP) is 1.28. The summed E-state index contributed by atoms with van der Waals surface area (Å²) in [6.45, 7) is 12.9. The normalized spacial score (nSPS) is 16.8. The summed E-state index contributed by atoms with van der Waals surface area (Å²) in [7, 11) is 0. The Balaban J connectivity index is 1.86. The molecule has 0 radical (unpaired) electrons. The number of carbonyl (C=O) groups is 5. The first kappa shape index (κ1) is 48.6. The molecule has 0 aliphatic carbocycles. The van der Waals surface area contributed by atoms with E-state index in [2.05, 4.69) is 31.2 Å². The molecule has 0 bridgehead atoms. The highest BCUT2D eigenvalue weighted by molar-refractivity contribution is 5.96. The van der Waals surface area contributed by atoms with Crippen LogP contribution in [0.15, 0.2) is 35.5 Å². The molecule has 4 amide bonds. The van der Waals surface area contributed by atoms with Gasteiger partial charge >= 0.3 is 5.97 Å². The molecule has 3 rings (SSSR count). The van der Waals surface area contributed by atoms with Crippen LogP contribution >= 0.6 is 0 Å². The predicted molar refractivity (Wildman–Crippen MR) is 231 cm³/mol. The Bertz CT molecular complexity index is 1700. The number of nitrogens with two attached hydrogens (primary N) is 4. The lowest BCUT2D eigenvalue weighted by atomic mass is 9.85. The molecule has 1 fully saturated rings. The van der Waals surface area contributed by atoms with Crippen LogP contribution < -0.4 is 44.2 Å². The average molecular weight is 826 g/mol. The summed E-state index contributed by atoms with van der Waals surface area (Å²) in [5.41, 5.74) is 23.9. The van der Waals surface area contributed by atoms with Crippen molar-refractivity contribution in [3.05, 3.63) is 36.0 Å². The zero-order chi connectivity index (χ0) is 43.7. The molecule has 1 saturated heterocycles. The molecule has 1 aliphatic heterocycles. The Morgan fingerprint density at radius 2 is 1.69 bits per heavy atom. The second kappa shape index (κ2) is 23.7. The average Bonchev–Trinajstić information content (AvgIpc) is 3.83. The number of ether oxygens (including phenoxy) is 1. The van der Waals surface area contributed by atoms with E-state index in [0.29, 0.717) is 71.1 Å². The van der Waals surface area contributed by atoms with Gasteiger partial charge in [-0.15, -0.1) is 0 Å². The Labute approximate surface area is 349 Å². The highest BCUT2D eigenvalue weighted by atomic mass is 16.5. The van der Waals surface area contributed by atoms with E-state index in [4.69, 9.17) is 27.7 Å². The lowest BCUT2D eigenvalue weighted by Gasteiger charge is -2.34. The summed E-state index contributed by atoms with van der Waals surface area (Å²) in [6.07, 6.45) is 6.55. The van der Waals surface area contributed by atoms with Gasteiger partial charge in [-0.05, 0) is 81.4 Å². The van der Waals surface area contributed by atoms with Gasteiger partial charge in [0.05, 0.1) is 12.6 Å². The number of guanidine groups is 1. The topological polar surface area (TPSA) is 278 Å². The molecule has 17 nitrogen and oxygen atoms in total. The first-order valence-electron chi connectivity index (χ1n) is 21.1. The Hall–Kier alpha value is -4.74. The van der Waals surface area contributed by atoms with Crippen LogP contribution in [0.5, 0.6) is 0 Å². The fourth-order valence-corrected chi connectivity index (χ4v) is 7.37. The van der Waals surface area contributed by atoms with Crippen LogP contribution in [0.4, 0.5) is 0 Å². The molecule has 0 unspecified atom stereocenters. The molecule has 0 saturated carbocycles. The number of nitrogens with zero attached hydrogens (tertiary/aromatic N) is 2. The maximum Gasteiger partial charge on any atom is 0.328 e. The molecule has 59 heavy (non-hydrogen) atoms. The summed E-state index contributed by atoms with van der Waals surface area (Å²) < 4.78 is 5.24. The van der Waals surface area contributed by atoms with Crippen molar-refractivity contribution < 1.29 is 28.7 Å². The van der Waals surface area contributed by atoms with Gasteiger partial charge in [-0.3, -0.25) is 24.2 Å². The van der Waals surface area contributed by atoms with Crippen molar-refractivity contribution in [2.24, 2.45) is 39.3 Å². The van der Waals surface area contributed by atoms with Crippen LogP contribution in [-0.4, -0.2) is 114 Å². The first-order valence-corrected chi connectivity index (χ1v) is 21.1. The number of nitrogens with one attached hydrogen (secondary N) is 5. The van der Waals surface area contributed by atoms with E-state index in [9.17, 15) is 24.0 Å². The van der Waals surface area contributed by atoms with Gasteiger partial charge in [0.25, 0.3) is 0 Å². The van der Waals surface area contributed by atoms with E-state index in [1.807, 2.05) is 58.9 Å². The number of esters is 1. The van der Waals surface area contributed by atoms with Crippen molar-refractivity contribution >= 4 is 46.5 Å². The third-order valence-electron chi connectivity index (χ3n) is 10.5. The van der Waals surface area contributed by atoms with Gasteiger partial charge in [0.2, 0.25) is 23.6 Å². The Morgan fingerprint density at radius 3 is 2.36 bits per heavy atom. The molecule has 2 aromatic rings. The van der Waals surface area contributed by atoms with E-state index < -0.39 is 59.3 Å². The molecule has 1 aromatic heterocycles. The SMILES string of the molecule is CCOC(=O)[C@H](CC(C)C)NC(=O)[C@@H](NC(=O)[C@H](Cc1c[nH]c2ccccc12)NC(=O)[C@H]1CCCN1C(=O)[C@H](CCCCN)NC[C@@H](N)CCCN=C(N)N)C(C)(C)C. The summed E-state index contributed by atoms with van der Waals surface area (Å²) in [4.78, 5) is 78.5. The molecule has 6 atom stereocenters. The van der Waals surface area contributed by atoms with E-state index in [-0.39, 0.29) is 36.9 Å². The molecule has 2 heterocycles. The van der Waals surface area contributed by atoms with Gasteiger partial charge in [0.15, 0.2) is 5.96 Å². The Morgan fingerprint density at radius 1 is 0.966 bits per heavy atom. The third kappa shape index (κ3) is 15.4. The van der Waals surface area contributed by atoms with Crippen LogP contribution in [0, 0.1) is 11.3 Å². The van der Waals surface area contributed by atoms with Crippen molar-refractivity contribution in [1.82, 2.24) is 31.2 Å². The van der Waals surface area contributed by atoms with Crippen LogP contribution in [0.3, 0.4) is 0 Å². The number of likely N-dealkylation sites (tertiary alicyclic amines) is 1. The number of hydrogen-bond acceptors (Lipinski definition) is 10. The van der Waals surface area contributed by atoms with Crippen molar-refractivity contribution in [3.63, 3.8) is 0 Å². The fourth-order valence-electron chi connectivity index (χ4n) is 7.37. The summed E-state index contributed by atoms with van der Waals surface area (Å²) in [5.74, 6) is -2.26. The standard InChI is InChI=1S/C42H71N11O6/c1-7-59-40(58)33(22-26(2)3)51-38(56)35(42(4,5)6)52-36(54)32(23-27-24-48-30-16-9-8-15-29(27)30)50-37(55)34-18-13-21-53(34)39(57)31(17-10-11-19-43)49-25-28(44)14-12-20-47-41(45)46/h8-9,15-16,24,26,28,31-35,48-49H,7,10-14,17-23,25,43-44H2,1-6H3,(H,50,55)(H,51,56)(H,52,54)(H4,45,46,47)/t28-,31-,32-,33-,34+,35+/m0/s1. The van der Waals surface area contributed by atoms with E-state index in [1.165, 1.54) is 0 Å². The zero-order valence-corrected chi connectivity index (χ0v) is 36.0. The highest BCUT2D eigenvalue weighted by Gasteiger charge is 2.40. The number of carbonyl (C=O) groups excluding carboxylic acids is 5. The third-order valence-corrected chi connectivity index (χ3v) is 10.5. The number of amides is 4. The van der Waals surface area contributed by atoms with Crippen molar-refractivity contribution in [2.45, 2.75) is 136 Å².